The summed E-state index contributed by atoms with van der Waals surface area (Å²) in [6.07, 6.45) is 1.12. The molecule has 0 radical (unpaired) electrons. The second-order valence-corrected chi connectivity index (χ2v) is 9.70. The second-order valence-electron chi connectivity index (χ2n) is 8.63. The van der Waals surface area contributed by atoms with Gasteiger partial charge in [-0.15, -0.1) is 5.10 Å². The van der Waals surface area contributed by atoms with Gasteiger partial charge in [-0.05, 0) is 63.9 Å². The van der Waals surface area contributed by atoms with Crippen molar-refractivity contribution in [2.45, 2.75) is 58.3 Å². The topological polar surface area (TPSA) is 81.1 Å². The summed E-state index contributed by atoms with van der Waals surface area (Å²) in [7, 11) is 0. The Bertz CT molecular complexity index is 1180. The van der Waals surface area contributed by atoms with Crippen molar-refractivity contribution in [3.8, 4) is 5.75 Å². The highest BCUT2D eigenvalue weighted by molar-refractivity contribution is 7.99. The number of benzene rings is 2. The van der Waals surface area contributed by atoms with Crippen LogP contribution in [0.5, 0.6) is 5.75 Å². The van der Waals surface area contributed by atoms with Crippen LogP contribution >= 0.6 is 11.8 Å². The lowest BCUT2D eigenvalue weighted by Gasteiger charge is -2.28. The van der Waals surface area contributed by atoms with Crippen LogP contribution in [0.15, 0.2) is 65.0 Å². The molecule has 3 aromatic rings. The number of rotatable bonds is 8. The van der Waals surface area contributed by atoms with Crippen LogP contribution < -0.4 is 15.4 Å². The van der Waals surface area contributed by atoms with Crippen molar-refractivity contribution in [3.63, 3.8) is 0 Å². The average molecular weight is 478 g/mol. The first-order chi connectivity index (χ1) is 16.4. The van der Waals surface area contributed by atoms with Crippen LogP contribution in [0.3, 0.4) is 0 Å². The molecule has 1 aliphatic heterocycles. The Hall–Kier alpha value is -3.26. The van der Waals surface area contributed by atoms with Gasteiger partial charge in [0, 0.05) is 17.1 Å². The third-order valence-electron chi connectivity index (χ3n) is 5.39. The Kier molecular flexibility index (Phi) is 7.26. The number of anilines is 2. The highest BCUT2D eigenvalue weighted by atomic mass is 32.2. The molecule has 8 heteroatoms. The number of hydrogen-bond donors (Lipinski definition) is 2. The number of aromatic nitrogens is 3. The van der Waals surface area contributed by atoms with Gasteiger partial charge in [-0.2, -0.15) is 4.98 Å². The SMILES string of the molecule is CCCSc1nc2n(n1)C(c1ccc(OC(C)C)cc1)C(C(=O)Nc1ccc(C)cc1)=C(C)N2. The molecule has 1 aliphatic rings. The molecule has 4 rings (SSSR count). The van der Waals surface area contributed by atoms with Gasteiger partial charge < -0.3 is 15.4 Å². The molecule has 7 nitrogen and oxygen atoms in total. The number of carbonyl (C=O) groups excluding carboxylic acids is 1. The molecule has 2 heterocycles. The number of nitrogens with zero attached hydrogens (tertiary/aromatic N) is 3. The Morgan fingerprint density at radius 3 is 2.50 bits per heavy atom. The predicted octanol–water partition coefficient (Wildman–Crippen LogP) is 5.80. The van der Waals surface area contributed by atoms with E-state index in [2.05, 4.69) is 22.5 Å². The van der Waals surface area contributed by atoms with Gasteiger partial charge in [0.15, 0.2) is 0 Å². The molecule has 0 fully saturated rings. The van der Waals surface area contributed by atoms with E-state index in [-0.39, 0.29) is 12.0 Å². The largest absolute Gasteiger partial charge is 0.491 e. The minimum absolute atomic E-state index is 0.0859. The summed E-state index contributed by atoms with van der Waals surface area (Å²) in [4.78, 5) is 18.2. The van der Waals surface area contributed by atoms with E-state index in [4.69, 9.17) is 9.84 Å². The fraction of sp³-hybridized carbons (Fsp3) is 0.346. The first kappa shape index (κ1) is 23.9. The van der Waals surface area contributed by atoms with E-state index in [0.717, 1.165) is 40.4 Å². The number of hydrogen-bond acceptors (Lipinski definition) is 6. The third-order valence-corrected chi connectivity index (χ3v) is 6.43. The minimum Gasteiger partial charge on any atom is -0.491 e. The van der Waals surface area contributed by atoms with Gasteiger partial charge in [-0.3, -0.25) is 4.79 Å². The van der Waals surface area contributed by atoms with Gasteiger partial charge in [0.2, 0.25) is 11.1 Å². The van der Waals surface area contributed by atoms with E-state index in [1.165, 1.54) is 0 Å². The van der Waals surface area contributed by atoms with Crippen molar-refractivity contribution >= 4 is 29.3 Å². The molecule has 2 aromatic carbocycles. The maximum atomic E-state index is 13.5. The van der Waals surface area contributed by atoms with Crippen LogP contribution in [0.25, 0.3) is 0 Å². The number of thioether (sulfide) groups is 1. The van der Waals surface area contributed by atoms with Crippen molar-refractivity contribution in [1.29, 1.82) is 0 Å². The maximum absolute atomic E-state index is 13.5. The minimum atomic E-state index is -0.418. The van der Waals surface area contributed by atoms with Crippen molar-refractivity contribution in [1.82, 2.24) is 14.8 Å². The van der Waals surface area contributed by atoms with E-state index in [9.17, 15) is 4.79 Å². The molecule has 0 saturated carbocycles. The normalized spacial score (nSPS) is 15.2. The molecule has 0 aliphatic carbocycles. The molecular formula is C26H31N5O2S. The zero-order valence-electron chi connectivity index (χ0n) is 20.3. The molecule has 34 heavy (non-hydrogen) atoms. The van der Waals surface area contributed by atoms with Crippen molar-refractivity contribution in [2.24, 2.45) is 0 Å². The Morgan fingerprint density at radius 1 is 1.15 bits per heavy atom. The van der Waals surface area contributed by atoms with Crippen LogP contribution in [-0.2, 0) is 4.79 Å². The molecule has 1 aromatic heterocycles. The number of fused-ring (bicyclic) bond motifs is 1. The summed E-state index contributed by atoms with van der Waals surface area (Å²) in [5.41, 5.74) is 4.17. The average Bonchev–Trinajstić information content (AvgIpc) is 3.20. The van der Waals surface area contributed by atoms with Gasteiger partial charge >= 0.3 is 0 Å². The van der Waals surface area contributed by atoms with Crippen LogP contribution in [-0.4, -0.2) is 32.5 Å². The fourth-order valence-corrected chi connectivity index (χ4v) is 4.51. The standard InChI is InChI=1S/C26H31N5O2S/c1-6-15-34-26-29-25-27-18(5)22(24(32)28-20-11-7-17(4)8-12-20)23(31(25)30-26)19-9-13-21(14-10-19)33-16(2)3/h7-14,16,23H,6,15H2,1-5H3,(H,28,32)(H,27,29,30). The Labute approximate surface area is 205 Å². The van der Waals surface area contributed by atoms with Crippen LogP contribution in [0.1, 0.15) is 51.3 Å². The third kappa shape index (κ3) is 5.28. The van der Waals surface area contributed by atoms with Gasteiger partial charge in [-0.25, -0.2) is 4.68 Å². The van der Waals surface area contributed by atoms with Gasteiger partial charge in [0.25, 0.3) is 5.91 Å². The first-order valence-corrected chi connectivity index (χ1v) is 12.6. The number of amides is 1. The Balaban J connectivity index is 1.72. The summed E-state index contributed by atoms with van der Waals surface area (Å²) in [6, 6.07) is 15.2. The van der Waals surface area contributed by atoms with Crippen molar-refractivity contribution in [3.05, 3.63) is 70.9 Å². The zero-order chi connectivity index (χ0) is 24.2. The van der Waals surface area contributed by atoms with E-state index < -0.39 is 6.04 Å². The highest BCUT2D eigenvalue weighted by Gasteiger charge is 2.34. The summed E-state index contributed by atoms with van der Waals surface area (Å²) in [5, 5.41) is 11.8. The highest BCUT2D eigenvalue weighted by Crippen LogP contribution is 2.37. The number of carbonyl (C=O) groups is 1. The van der Waals surface area contributed by atoms with E-state index >= 15 is 0 Å². The second kappa shape index (κ2) is 10.3. The van der Waals surface area contributed by atoms with Gasteiger partial charge in [0.1, 0.15) is 11.8 Å². The monoisotopic (exact) mass is 477 g/mol. The molecule has 2 N–H and O–H groups in total. The number of allylic oxidation sites excluding steroid dienone is 1. The molecule has 1 amide bonds. The summed E-state index contributed by atoms with van der Waals surface area (Å²) in [6.45, 7) is 10.1. The summed E-state index contributed by atoms with van der Waals surface area (Å²) < 4.78 is 7.63. The zero-order valence-corrected chi connectivity index (χ0v) is 21.1. The quantitative estimate of drug-likeness (QED) is 0.399. The summed E-state index contributed by atoms with van der Waals surface area (Å²) >= 11 is 1.61. The fourth-order valence-electron chi connectivity index (χ4n) is 3.82. The van der Waals surface area contributed by atoms with Crippen LogP contribution in [0, 0.1) is 6.92 Å². The number of nitrogens with one attached hydrogen (secondary N) is 2. The number of ether oxygens (including phenoxy) is 1. The van der Waals surface area contributed by atoms with Crippen LogP contribution in [0.2, 0.25) is 0 Å². The van der Waals surface area contributed by atoms with Crippen molar-refractivity contribution < 1.29 is 9.53 Å². The van der Waals surface area contributed by atoms with Gasteiger partial charge in [-0.1, -0.05) is 48.5 Å². The lowest BCUT2D eigenvalue weighted by Crippen LogP contribution is -2.31. The molecule has 1 unspecified atom stereocenters. The van der Waals surface area contributed by atoms with Crippen molar-refractivity contribution in [2.75, 3.05) is 16.4 Å². The maximum Gasteiger partial charge on any atom is 0.255 e. The molecule has 0 saturated heterocycles. The molecule has 0 spiro atoms. The van der Waals surface area contributed by atoms with E-state index in [1.54, 1.807) is 11.8 Å². The molecule has 178 valence electrons. The lowest BCUT2D eigenvalue weighted by atomic mass is 9.95. The number of aryl methyl sites for hydroxylation is 1. The van der Waals surface area contributed by atoms with E-state index in [1.807, 2.05) is 80.9 Å². The first-order valence-electron chi connectivity index (χ1n) is 11.6. The smallest absolute Gasteiger partial charge is 0.255 e. The van der Waals surface area contributed by atoms with Crippen LogP contribution in [0.4, 0.5) is 11.6 Å². The lowest BCUT2D eigenvalue weighted by molar-refractivity contribution is -0.113. The molecule has 1 atom stereocenters. The Morgan fingerprint density at radius 2 is 1.85 bits per heavy atom. The van der Waals surface area contributed by atoms with Gasteiger partial charge in [0.05, 0.1) is 11.7 Å². The molecule has 0 bridgehead atoms. The molecular weight excluding hydrogens is 446 g/mol. The predicted molar refractivity (Wildman–Crippen MR) is 138 cm³/mol. The van der Waals surface area contributed by atoms with E-state index in [0.29, 0.717) is 16.7 Å². The summed E-state index contributed by atoms with van der Waals surface area (Å²) in [5.74, 6) is 2.18.